The van der Waals surface area contributed by atoms with Crippen LogP contribution in [0.1, 0.15) is 25.7 Å². The van der Waals surface area contributed by atoms with Gasteiger partial charge in [0.25, 0.3) is 0 Å². The number of allylic oxidation sites excluding steroid dienone is 4. The Bertz CT molecular complexity index is 367. The van der Waals surface area contributed by atoms with Crippen molar-refractivity contribution in [2.45, 2.75) is 25.7 Å². The van der Waals surface area contributed by atoms with Crippen molar-refractivity contribution in [2.75, 3.05) is 0 Å². The van der Waals surface area contributed by atoms with Gasteiger partial charge >= 0.3 is 0 Å². The minimum atomic E-state index is -0.110. The normalized spacial score (nSPS) is 30.6. The van der Waals surface area contributed by atoms with Gasteiger partial charge in [-0.25, -0.2) is 0 Å². The molecule has 3 rings (SSSR count). The van der Waals surface area contributed by atoms with Crippen LogP contribution in [-0.2, 0) is 9.59 Å². The standard InChI is InChI=1S/C12H12O2/c13-9-1-4-11(5-2-9)6-3-10(14)12(11)7-8-12/h1-2,4-5H,3,6-8H2. The van der Waals surface area contributed by atoms with Gasteiger partial charge in [0.2, 0.25) is 0 Å². The van der Waals surface area contributed by atoms with E-state index in [1.165, 1.54) is 0 Å². The molecule has 2 nitrogen and oxygen atoms in total. The van der Waals surface area contributed by atoms with Crippen molar-refractivity contribution in [1.82, 2.24) is 0 Å². The van der Waals surface area contributed by atoms with Crippen LogP contribution in [0, 0.1) is 10.8 Å². The highest BCUT2D eigenvalue weighted by atomic mass is 16.1. The Balaban J connectivity index is 2.06. The minimum Gasteiger partial charge on any atom is -0.299 e. The number of carbonyl (C=O) groups excluding carboxylic acids is 2. The summed E-state index contributed by atoms with van der Waals surface area (Å²) in [6.45, 7) is 0. The van der Waals surface area contributed by atoms with Crippen LogP contribution < -0.4 is 0 Å². The molecule has 2 saturated carbocycles. The van der Waals surface area contributed by atoms with E-state index in [-0.39, 0.29) is 16.6 Å². The molecule has 0 radical (unpaired) electrons. The van der Waals surface area contributed by atoms with Crippen LogP contribution in [-0.4, -0.2) is 11.6 Å². The fourth-order valence-corrected chi connectivity index (χ4v) is 2.99. The SMILES string of the molecule is O=C1C=CC2(C=C1)CCC(=O)C21CC1. The third-order valence-corrected chi connectivity index (χ3v) is 4.03. The van der Waals surface area contributed by atoms with Crippen molar-refractivity contribution >= 4 is 11.6 Å². The van der Waals surface area contributed by atoms with Crippen molar-refractivity contribution in [1.29, 1.82) is 0 Å². The summed E-state index contributed by atoms with van der Waals surface area (Å²) in [5.41, 5.74) is -0.210. The Kier molecular flexibility index (Phi) is 1.31. The van der Waals surface area contributed by atoms with Gasteiger partial charge < -0.3 is 0 Å². The molecule has 0 N–H and O–H groups in total. The van der Waals surface area contributed by atoms with Gasteiger partial charge in [-0.15, -0.1) is 0 Å². The van der Waals surface area contributed by atoms with Gasteiger partial charge in [0, 0.05) is 17.3 Å². The molecule has 0 aromatic rings. The molecule has 3 aliphatic rings. The lowest BCUT2D eigenvalue weighted by Gasteiger charge is -2.29. The van der Waals surface area contributed by atoms with E-state index in [2.05, 4.69) is 0 Å². The first kappa shape index (κ1) is 8.16. The predicted molar refractivity (Wildman–Crippen MR) is 51.6 cm³/mol. The van der Waals surface area contributed by atoms with E-state index in [0.29, 0.717) is 12.2 Å². The second-order valence-corrected chi connectivity index (χ2v) is 4.61. The van der Waals surface area contributed by atoms with Gasteiger partial charge in [0.15, 0.2) is 5.78 Å². The van der Waals surface area contributed by atoms with Crippen molar-refractivity contribution in [3.63, 3.8) is 0 Å². The number of ketones is 2. The molecule has 0 bridgehead atoms. The molecule has 0 saturated heterocycles. The first-order chi connectivity index (χ1) is 6.69. The number of carbonyl (C=O) groups is 2. The molecule has 0 unspecified atom stereocenters. The highest BCUT2D eigenvalue weighted by Gasteiger charge is 2.65. The third kappa shape index (κ3) is 0.770. The van der Waals surface area contributed by atoms with E-state index in [1.54, 1.807) is 12.2 Å². The van der Waals surface area contributed by atoms with Gasteiger partial charge in [0.1, 0.15) is 5.78 Å². The van der Waals surface area contributed by atoms with Crippen molar-refractivity contribution in [3.05, 3.63) is 24.3 Å². The summed E-state index contributed by atoms with van der Waals surface area (Å²) in [7, 11) is 0. The maximum Gasteiger partial charge on any atom is 0.178 e. The summed E-state index contributed by atoms with van der Waals surface area (Å²) in [6.07, 6.45) is 10.8. The van der Waals surface area contributed by atoms with Crippen molar-refractivity contribution < 1.29 is 9.59 Å². The summed E-state index contributed by atoms with van der Waals surface area (Å²) in [5.74, 6) is 0.451. The number of rotatable bonds is 0. The van der Waals surface area contributed by atoms with E-state index >= 15 is 0 Å². The summed E-state index contributed by atoms with van der Waals surface area (Å²) in [4.78, 5) is 22.8. The third-order valence-electron chi connectivity index (χ3n) is 4.03. The summed E-state index contributed by atoms with van der Waals surface area (Å²) >= 11 is 0. The molecular formula is C12H12O2. The zero-order chi connectivity index (χ0) is 9.81. The molecule has 0 aromatic carbocycles. The average Bonchev–Trinajstić information content (AvgIpc) is 2.94. The lowest BCUT2D eigenvalue weighted by Crippen LogP contribution is -2.28. The molecule has 2 fully saturated rings. The van der Waals surface area contributed by atoms with Crippen LogP contribution in [0.3, 0.4) is 0 Å². The molecule has 14 heavy (non-hydrogen) atoms. The van der Waals surface area contributed by atoms with E-state index < -0.39 is 0 Å². The van der Waals surface area contributed by atoms with Crippen LogP contribution in [0.5, 0.6) is 0 Å². The molecule has 72 valence electrons. The highest BCUT2D eigenvalue weighted by Crippen LogP contribution is 2.67. The lowest BCUT2D eigenvalue weighted by atomic mass is 9.72. The zero-order valence-electron chi connectivity index (χ0n) is 7.95. The number of fused-ring (bicyclic) bond motifs is 1. The molecule has 0 amide bonds. The summed E-state index contributed by atoms with van der Waals surface area (Å²) in [6, 6.07) is 0. The molecule has 0 atom stereocenters. The van der Waals surface area contributed by atoms with Crippen molar-refractivity contribution in [3.8, 4) is 0 Å². The minimum absolute atomic E-state index is 0.0470. The monoisotopic (exact) mass is 188 g/mol. The average molecular weight is 188 g/mol. The number of hydrogen-bond acceptors (Lipinski definition) is 2. The maximum absolute atomic E-state index is 11.8. The highest BCUT2D eigenvalue weighted by molar-refractivity contribution is 6.02. The molecular weight excluding hydrogens is 176 g/mol. The van der Waals surface area contributed by atoms with Crippen LogP contribution in [0.15, 0.2) is 24.3 Å². The molecule has 3 aliphatic carbocycles. The summed E-state index contributed by atoms with van der Waals surface area (Å²) < 4.78 is 0. The number of hydrogen-bond donors (Lipinski definition) is 0. The maximum atomic E-state index is 11.8. The van der Waals surface area contributed by atoms with E-state index in [1.807, 2.05) is 12.2 Å². The first-order valence-electron chi connectivity index (χ1n) is 5.14. The largest absolute Gasteiger partial charge is 0.299 e. The Morgan fingerprint density at radius 2 is 1.64 bits per heavy atom. The molecule has 0 aliphatic heterocycles. The smallest absolute Gasteiger partial charge is 0.178 e. The van der Waals surface area contributed by atoms with Gasteiger partial charge in [-0.05, 0) is 31.4 Å². The Labute approximate surface area is 82.7 Å². The zero-order valence-corrected chi connectivity index (χ0v) is 7.95. The van der Waals surface area contributed by atoms with Crippen LogP contribution >= 0.6 is 0 Å². The van der Waals surface area contributed by atoms with Gasteiger partial charge in [-0.2, -0.15) is 0 Å². The molecule has 0 aromatic heterocycles. The molecule has 2 heteroatoms. The van der Waals surface area contributed by atoms with Crippen LogP contribution in [0.25, 0.3) is 0 Å². The number of Topliss-reactive ketones (excluding diaryl/α,β-unsaturated/α-hetero) is 1. The van der Waals surface area contributed by atoms with E-state index in [4.69, 9.17) is 0 Å². The van der Waals surface area contributed by atoms with Gasteiger partial charge in [0.05, 0.1) is 0 Å². The van der Waals surface area contributed by atoms with E-state index in [0.717, 1.165) is 19.3 Å². The second kappa shape index (κ2) is 2.25. The predicted octanol–water partition coefficient (Wildman–Crippen LogP) is 1.81. The quantitative estimate of drug-likeness (QED) is 0.581. The topological polar surface area (TPSA) is 34.1 Å². The molecule has 2 spiro atoms. The molecule has 0 heterocycles. The van der Waals surface area contributed by atoms with E-state index in [9.17, 15) is 9.59 Å². The van der Waals surface area contributed by atoms with Crippen LogP contribution in [0.4, 0.5) is 0 Å². The fraction of sp³-hybridized carbons (Fsp3) is 0.500. The van der Waals surface area contributed by atoms with Gasteiger partial charge in [-0.3, -0.25) is 9.59 Å². The van der Waals surface area contributed by atoms with Crippen LogP contribution in [0.2, 0.25) is 0 Å². The Morgan fingerprint density at radius 3 is 2.21 bits per heavy atom. The van der Waals surface area contributed by atoms with Crippen molar-refractivity contribution in [2.24, 2.45) is 10.8 Å². The van der Waals surface area contributed by atoms with Gasteiger partial charge in [-0.1, -0.05) is 12.2 Å². The second-order valence-electron chi connectivity index (χ2n) is 4.61. The fourth-order valence-electron chi connectivity index (χ4n) is 2.99. The Morgan fingerprint density at radius 1 is 1.00 bits per heavy atom. The Hall–Kier alpha value is -1.18. The first-order valence-corrected chi connectivity index (χ1v) is 5.14. The lowest BCUT2D eigenvalue weighted by molar-refractivity contribution is -0.123. The summed E-state index contributed by atoms with van der Waals surface area (Å²) in [5, 5.41) is 0.